The molecular weight excluding hydrogens is 318 g/mol. The van der Waals surface area contributed by atoms with E-state index < -0.39 is 0 Å². The number of aliphatic imine (C=N–C) groups is 1. The first-order valence-corrected chi connectivity index (χ1v) is 9.00. The number of anilines is 1. The topological polar surface area (TPSA) is 61.8 Å². The summed E-state index contributed by atoms with van der Waals surface area (Å²) >= 11 is 3.23. The van der Waals surface area contributed by atoms with Crippen LogP contribution in [0.2, 0.25) is 0 Å². The third-order valence-electron chi connectivity index (χ3n) is 3.77. The van der Waals surface area contributed by atoms with Crippen molar-refractivity contribution >= 4 is 51.8 Å². The summed E-state index contributed by atoms with van der Waals surface area (Å²) in [5.74, 6) is 1.56. The molecule has 112 valence electrons. The van der Waals surface area contributed by atoms with Crippen molar-refractivity contribution in [2.45, 2.75) is 0 Å². The molecule has 3 heterocycles. The third-order valence-corrected chi connectivity index (χ3v) is 5.82. The van der Waals surface area contributed by atoms with Gasteiger partial charge in [0.05, 0.1) is 10.5 Å². The van der Waals surface area contributed by atoms with Crippen LogP contribution in [-0.2, 0) is 9.59 Å². The summed E-state index contributed by atoms with van der Waals surface area (Å²) in [6, 6.07) is 7.44. The van der Waals surface area contributed by atoms with Gasteiger partial charge in [0.1, 0.15) is 0 Å². The van der Waals surface area contributed by atoms with Crippen LogP contribution in [0, 0.1) is 0 Å². The standard InChI is InChI=1S/C15H13N3O2S2/c19-13-11(9-3-1-2-4-10(9)16-13)12-14(20)17-15(22-12)18-5-7-21-8-6-18/h1-4H,5-8H2,(H,16,19). The van der Waals surface area contributed by atoms with E-state index in [1.54, 1.807) is 0 Å². The van der Waals surface area contributed by atoms with Crippen LogP contribution in [-0.4, -0.2) is 46.5 Å². The van der Waals surface area contributed by atoms with Gasteiger partial charge < -0.3 is 10.2 Å². The number of carbonyl (C=O) groups excluding carboxylic acids is 2. The molecule has 0 bridgehead atoms. The molecule has 1 fully saturated rings. The van der Waals surface area contributed by atoms with E-state index in [-0.39, 0.29) is 11.8 Å². The molecule has 1 aromatic carbocycles. The van der Waals surface area contributed by atoms with E-state index in [2.05, 4.69) is 15.2 Å². The van der Waals surface area contributed by atoms with Gasteiger partial charge in [0.2, 0.25) is 0 Å². The minimum Gasteiger partial charge on any atom is -0.349 e. The van der Waals surface area contributed by atoms with Crippen molar-refractivity contribution in [2.75, 3.05) is 29.9 Å². The average Bonchev–Trinajstić information content (AvgIpc) is 3.07. The van der Waals surface area contributed by atoms with Crippen molar-refractivity contribution in [3.63, 3.8) is 0 Å². The molecule has 4 rings (SSSR count). The van der Waals surface area contributed by atoms with Crippen LogP contribution in [0.3, 0.4) is 0 Å². The molecule has 0 spiro atoms. The highest BCUT2D eigenvalue weighted by molar-refractivity contribution is 8.18. The number of amides is 2. The maximum absolute atomic E-state index is 12.3. The molecule has 1 aromatic rings. The zero-order valence-electron chi connectivity index (χ0n) is 11.7. The highest BCUT2D eigenvalue weighted by Crippen LogP contribution is 2.40. The van der Waals surface area contributed by atoms with Crippen LogP contribution in [0.4, 0.5) is 5.69 Å². The van der Waals surface area contributed by atoms with Crippen molar-refractivity contribution in [1.29, 1.82) is 0 Å². The highest BCUT2D eigenvalue weighted by atomic mass is 32.2. The number of hydrogen-bond donors (Lipinski definition) is 1. The van der Waals surface area contributed by atoms with Gasteiger partial charge in [-0.2, -0.15) is 16.8 Å². The number of nitrogens with one attached hydrogen (secondary N) is 1. The predicted octanol–water partition coefficient (Wildman–Crippen LogP) is 2.03. The van der Waals surface area contributed by atoms with E-state index in [0.29, 0.717) is 10.5 Å². The molecule has 3 aliphatic rings. The molecule has 0 aromatic heterocycles. The van der Waals surface area contributed by atoms with E-state index in [9.17, 15) is 9.59 Å². The van der Waals surface area contributed by atoms with Gasteiger partial charge in [-0.1, -0.05) is 18.2 Å². The monoisotopic (exact) mass is 331 g/mol. The van der Waals surface area contributed by atoms with Crippen molar-refractivity contribution in [3.8, 4) is 0 Å². The lowest BCUT2D eigenvalue weighted by Crippen LogP contribution is -2.35. The number of nitrogens with zero attached hydrogens (tertiary/aromatic N) is 2. The zero-order valence-corrected chi connectivity index (χ0v) is 13.3. The first kappa shape index (κ1) is 13.9. The third kappa shape index (κ3) is 2.24. The Labute approximate surface area is 136 Å². The molecular formula is C15H13N3O2S2. The second-order valence-corrected chi connectivity index (χ2v) is 7.31. The fraction of sp³-hybridized carbons (Fsp3) is 0.267. The van der Waals surface area contributed by atoms with Gasteiger partial charge in [0.15, 0.2) is 5.17 Å². The molecule has 22 heavy (non-hydrogen) atoms. The second kappa shape index (κ2) is 5.48. The maximum Gasteiger partial charge on any atom is 0.287 e. The molecule has 0 saturated carbocycles. The van der Waals surface area contributed by atoms with Gasteiger partial charge in [-0.05, 0) is 17.8 Å². The largest absolute Gasteiger partial charge is 0.349 e. The Balaban J connectivity index is 1.69. The maximum atomic E-state index is 12.3. The molecule has 2 amide bonds. The molecule has 7 heteroatoms. The Morgan fingerprint density at radius 1 is 1.14 bits per heavy atom. The Kier molecular flexibility index (Phi) is 3.46. The molecule has 0 atom stereocenters. The zero-order chi connectivity index (χ0) is 15.1. The summed E-state index contributed by atoms with van der Waals surface area (Å²) in [6.07, 6.45) is 0. The lowest BCUT2D eigenvalue weighted by Gasteiger charge is -2.27. The number of carbonyl (C=O) groups is 2. The van der Waals surface area contributed by atoms with Crippen molar-refractivity contribution < 1.29 is 9.59 Å². The molecule has 0 unspecified atom stereocenters. The Bertz CT molecular complexity index is 736. The molecule has 5 nitrogen and oxygen atoms in total. The van der Waals surface area contributed by atoms with E-state index in [1.165, 1.54) is 11.8 Å². The summed E-state index contributed by atoms with van der Waals surface area (Å²) < 4.78 is 0. The lowest BCUT2D eigenvalue weighted by atomic mass is 10.1. The first-order valence-electron chi connectivity index (χ1n) is 7.02. The van der Waals surface area contributed by atoms with E-state index in [4.69, 9.17) is 0 Å². The van der Waals surface area contributed by atoms with Crippen LogP contribution in [0.25, 0.3) is 5.57 Å². The van der Waals surface area contributed by atoms with E-state index in [1.807, 2.05) is 36.0 Å². The quantitative estimate of drug-likeness (QED) is 0.737. The van der Waals surface area contributed by atoms with E-state index in [0.717, 1.165) is 41.0 Å². The number of rotatable bonds is 0. The van der Waals surface area contributed by atoms with Crippen LogP contribution in [0.15, 0.2) is 34.2 Å². The molecule has 1 saturated heterocycles. The fourth-order valence-corrected chi connectivity index (χ4v) is 4.65. The van der Waals surface area contributed by atoms with Gasteiger partial charge in [-0.15, -0.1) is 0 Å². The van der Waals surface area contributed by atoms with Crippen LogP contribution in [0.1, 0.15) is 5.56 Å². The molecule has 3 aliphatic heterocycles. The molecule has 0 aliphatic carbocycles. The Morgan fingerprint density at radius 3 is 2.73 bits per heavy atom. The number of benzene rings is 1. The summed E-state index contributed by atoms with van der Waals surface area (Å²) in [7, 11) is 0. The minimum atomic E-state index is -0.305. The second-order valence-electron chi connectivity index (χ2n) is 5.10. The first-order chi connectivity index (χ1) is 10.7. The van der Waals surface area contributed by atoms with Gasteiger partial charge >= 0.3 is 0 Å². The summed E-state index contributed by atoms with van der Waals surface area (Å²) in [5, 5.41) is 3.54. The molecule has 1 N–H and O–H groups in total. The molecule has 0 radical (unpaired) electrons. The van der Waals surface area contributed by atoms with E-state index >= 15 is 0 Å². The van der Waals surface area contributed by atoms with Gasteiger partial charge in [-0.25, -0.2) is 0 Å². The minimum absolute atomic E-state index is 0.220. The van der Waals surface area contributed by atoms with Crippen LogP contribution >= 0.6 is 23.5 Å². The highest BCUT2D eigenvalue weighted by Gasteiger charge is 2.35. The van der Waals surface area contributed by atoms with Crippen molar-refractivity contribution in [1.82, 2.24) is 4.90 Å². The average molecular weight is 331 g/mol. The number of para-hydroxylation sites is 1. The predicted molar refractivity (Wildman–Crippen MR) is 90.9 cm³/mol. The van der Waals surface area contributed by atoms with Gasteiger partial charge in [-0.3, -0.25) is 9.59 Å². The van der Waals surface area contributed by atoms with Crippen molar-refractivity contribution in [2.24, 2.45) is 4.99 Å². The Morgan fingerprint density at radius 2 is 1.91 bits per heavy atom. The number of fused-ring (bicyclic) bond motifs is 1. The van der Waals surface area contributed by atoms with Crippen LogP contribution < -0.4 is 5.32 Å². The fourth-order valence-electron chi connectivity index (χ4n) is 2.69. The summed E-state index contributed by atoms with van der Waals surface area (Å²) in [5.41, 5.74) is 2.00. The van der Waals surface area contributed by atoms with Crippen molar-refractivity contribution in [3.05, 3.63) is 34.7 Å². The summed E-state index contributed by atoms with van der Waals surface area (Å²) in [4.78, 5) is 31.3. The normalized spacial score (nSPS) is 24.4. The number of hydrogen-bond acceptors (Lipinski definition) is 5. The number of amidine groups is 1. The lowest BCUT2D eigenvalue weighted by molar-refractivity contribution is -0.114. The SMILES string of the molecule is O=C1N=C(N2CCSCC2)SC1=C1C(=O)Nc2ccccc21. The number of thioether (sulfide) groups is 2. The van der Waals surface area contributed by atoms with Gasteiger partial charge in [0, 0.05) is 35.8 Å². The smallest absolute Gasteiger partial charge is 0.287 e. The Hall–Kier alpha value is -1.73. The summed E-state index contributed by atoms with van der Waals surface area (Å²) in [6.45, 7) is 1.80. The van der Waals surface area contributed by atoms with Crippen LogP contribution in [0.5, 0.6) is 0 Å². The van der Waals surface area contributed by atoms with Gasteiger partial charge in [0.25, 0.3) is 11.8 Å².